The molecule has 0 amide bonds. The molecular weight excluding hydrogens is 174 g/mol. The highest BCUT2D eigenvalue weighted by Gasteiger charge is 2.21. The Morgan fingerprint density at radius 3 is 2.17 bits per heavy atom. The summed E-state index contributed by atoms with van der Waals surface area (Å²) in [5, 5.41) is 0. The second-order valence-corrected chi connectivity index (χ2v) is 5.34. The van der Waals surface area contributed by atoms with E-state index in [0.29, 0.717) is 5.70 Å². The summed E-state index contributed by atoms with van der Waals surface area (Å²) in [6, 6.07) is 0. The number of hydrogen-bond acceptors (Lipinski definition) is 2. The van der Waals surface area contributed by atoms with Gasteiger partial charge in [-0.15, -0.1) is 0 Å². The van der Waals surface area contributed by atoms with Crippen LogP contribution in [0.1, 0.15) is 27.2 Å². The third kappa shape index (κ3) is 3.76. The fourth-order valence-corrected chi connectivity index (χ4v) is 1.30. The molecule has 0 aromatic rings. The van der Waals surface area contributed by atoms with Gasteiger partial charge in [-0.05, 0) is 6.42 Å². The van der Waals surface area contributed by atoms with E-state index in [-0.39, 0.29) is 5.41 Å². The fourth-order valence-electron chi connectivity index (χ4n) is 0.575. The van der Waals surface area contributed by atoms with Crippen LogP contribution in [0, 0.1) is 5.41 Å². The van der Waals surface area contributed by atoms with Crippen molar-refractivity contribution in [2.24, 2.45) is 5.41 Å². The maximum Gasteiger partial charge on any atom is 0.229 e. The quantitative estimate of drug-likeness (QED) is 0.731. The van der Waals surface area contributed by atoms with Crippen molar-refractivity contribution < 1.29 is 8.42 Å². The van der Waals surface area contributed by atoms with Crippen molar-refractivity contribution in [1.29, 1.82) is 0 Å². The van der Waals surface area contributed by atoms with E-state index in [2.05, 4.69) is 11.3 Å². The minimum absolute atomic E-state index is 0.178. The molecule has 1 N–H and O–H groups in total. The van der Waals surface area contributed by atoms with Crippen molar-refractivity contribution in [1.82, 2.24) is 4.72 Å². The van der Waals surface area contributed by atoms with Gasteiger partial charge >= 0.3 is 0 Å². The molecule has 0 rings (SSSR count). The molecule has 0 unspecified atom stereocenters. The van der Waals surface area contributed by atoms with Crippen molar-refractivity contribution in [3.05, 3.63) is 12.3 Å². The zero-order valence-electron chi connectivity index (χ0n) is 8.14. The first-order chi connectivity index (χ1) is 5.19. The molecule has 72 valence electrons. The zero-order valence-corrected chi connectivity index (χ0v) is 8.96. The van der Waals surface area contributed by atoms with Crippen LogP contribution in [0.4, 0.5) is 0 Å². The smallest absolute Gasteiger partial charge is 0.229 e. The molecule has 4 heteroatoms. The Bertz CT molecular complexity index is 265. The Morgan fingerprint density at radius 1 is 1.50 bits per heavy atom. The normalized spacial score (nSPS) is 12.7. The Balaban J connectivity index is 4.44. The molecule has 0 saturated heterocycles. The summed E-state index contributed by atoms with van der Waals surface area (Å²) in [7, 11) is -3.17. The van der Waals surface area contributed by atoms with E-state index in [1.807, 2.05) is 20.8 Å². The zero-order chi connectivity index (χ0) is 9.99. The Hall–Kier alpha value is -0.510. The molecule has 0 radical (unpaired) electrons. The third-order valence-corrected chi connectivity index (χ3v) is 2.63. The number of sulfonamides is 1. The maximum atomic E-state index is 10.8. The molecule has 0 aromatic heterocycles. The summed E-state index contributed by atoms with van der Waals surface area (Å²) in [6.45, 7) is 9.59. The Kier molecular flexibility index (Phi) is 3.33. The van der Waals surface area contributed by atoms with Crippen molar-refractivity contribution in [2.75, 3.05) is 6.26 Å². The summed E-state index contributed by atoms with van der Waals surface area (Å²) >= 11 is 0. The number of allylic oxidation sites excluding steroid dienone is 1. The van der Waals surface area contributed by atoms with Crippen LogP contribution in [0.25, 0.3) is 0 Å². The van der Waals surface area contributed by atoms with Gasteiger partial charge in [0.1, 0.15) is 0 Å². The molecule has 0 spiro atoms. The summed E-state index contributed by atoms with van der Waals surface area (Å²) in [6.07, 6.45) is 1.98. The highest BCUT2D eigenvalue weighted by Crippen LogP contribution is 2.26. The lowest BCUT2D eigenvalue weighted by atomic mass is 9.87. The van der Waals surface area contributed by atoms with Gasteiger partial charge in [0.25, 0.3) is 0 Å². The standard InChI is InChI=1S/C8H17NO2S/c1-6-8(3,4)7(2)9-12(5,10)11/h9H,2,6H2,1,3-5H3. The van der Waals surface area contributed by atoms with Crippen molar-refractivity contribution in [2.45, 2.75) is 27.2 Å². The molecule has 3 nitrogen and oxygen atoms in total. The van der Waals surface area contributed by atoms with Crippen molar-refractivity contribution in [3.63, 3.8) is 0 Å². The van der Waals surface area contributed by atoms with Crippen molar-refractivity contribution >= 4 is 10.0 Å². The van der Waals surface area contributed by atoms with Crippen LogP contribution < -0.4 is 4.72 Å². The molecule has 0 saturated carbocycles. The molecule has 0 aliphatic rings. The predicted molar refractivity (Wildman–Crippen MR) is 51.2 cm³/mol. The van der Waals surface area contributed by atoms with Crippen LogP contribution in [-0.2, 0) is 10.0 Å². The molecule has 0 aliphatic carbocycles. The van der Waals surface area contributed by atoms with E-state index >= 15 is 0 Å². The largest absolute Gasteiger partial charge is 0.288 e. The average Bonchev–Trinajstić information content (AvgIpc) is 1.84. The van der Waals surface area contributed by atoms with Crippen LogP contribution in [0.15, 0.2) is 12.3 Å². The Labute approximate surface area is 74.9 Å². The number of hydrogen-bond donors (Lipinski definition) is 1. The molecule has 0 fully saturated rings. The highest BCUT2D eigenvalue weighted by molar-refractivity contribution is 7.88. The lowest BCUT2D eigenvalue weighted by Gasteiger charge is -2.25. The van der Waals surface area contributed by atoms with Gasteiger partial charge in [0, 0.05) is 11.1 Å². The van der Waals surface area contributed by atoms with Crippen molar-refractivity contribution in [3.8, 4) is 0 Å². The fraction of sp³-hybridized carbons (Fsp3) is 0.750. The summed E-state index contributed by atoms with van der Waals surface area (Å²) in [5.74, 6) is 0. The van der Waals surface area contributed by atoms with E-state index < -0.39 is 10.0 Å². The van der Waals surface area contributed by atoms with E-state index in [9.17, 15) is 8.42 Å². The van der Waals surface area contributed by atoms with E-state index in [1.165, 1.54) is 0 Å². The van der Waals surface area contributed by atoms with E-state index in [4.69, 9.17) is 0 Å². The lowest BCUT2D eigenvalue weighted by Crippen LogP contribution is -2.29. The van der Waals surface area contributed by atoms with Gasteiger partial charge in [-0.2, -0.15) is 0 Å². The molecule has 0 aliphatic heterocycles. The van der Waals surface area contributed by atoms with Gasteiger partial charge in [-0.3, -0.25) is 4.72 Å². The van der Waals surface area contributed by atoms with Gasteiger partial charge in [0.2, 0.25) is 10.0 Å². The molecule has 0 aromatic carbocycles. The first-order valence-electron chi connectivity index (χ1n) is 3.86. The number of nitrogens with one attached hydrogen (secondary N) is 1. The monoisotopic (exact) mass is 191 g/mol. The van der Waals surface area contributed by atoms with Crippen LogP contribution in [0.3, 0.4) is 0 Å². The lowest BCUT2D eigenvalue weighted by molar-refractivity contribution is 0.415. The van der Waals surface area contributed by atoms with Crippen LogP contribution in [0.2, 0.25) is 0 Å². The van der Waals surface area contributed by atoms with Gasteiger partial charge in [-0.1, -0.05) is 27.4 Å². The van der Waals surface area contributed by atoms with Gasteiger partial charge in [-0.25, -0.2) is 8.42 Å². The summed E-state index contributed by atoms with van der Waals surface area (Å²) in [5.41, 5.74) is 0.371. The predicted octanol–water partition coefficient (Wildman–Crippen LogP) is 1.49. The second-order valence-electron chi connectivity index (χ2n) is 3.59. The minimum atomic E-state index is -3.17. The average molecular weight is 191 g/mol. The van der Waals surface area contributed by atoms with E-state index in [1.54, 1.807) is 0 Å². The molecular formula is C8H17NO2S. The minimum Gasteiger partial charge on any atom is -0.288 e. The molecule has 0 atom stereocenters. The van der Waals surface area contributed by atoms with Gasteiger partial charge in [0.05, 0.1) is 6.26 Å². The van der Waals surface area contributed by atoms with E-state index in [0.717, 1.165) is 12.7 Å². The van der Waals surface area contributed by atoms with Crippen LogP contribution in [-0.4, -0.2) is 14.7 Å². The molecule has 0 heterocycles. The van der Waals surface area contributed by atoms with Crippen LogP contribution in [0.5, 0.6) is 0 Å². The van der Waals surface area contributed by atoms with Gasteiger partial charge in [0.15, 0.2) is 0 Å². The SMILES string of the molecule is C=C(NS(C)(=O)=O)C(C)(C)CC. The summed E-state index contributed by atoms with van der Waals surface area (Å²) < 4.78 is 24.1. The second kappa shape index (κ2) is 3.47. The first kappa shape index (κ1) is 11.5. The first-order valence-corrected chi connectivity index (χ1v) is 5.75. The number of rotatable bonds is 4. The topological polar surface area (TPSA) is 46.2 Å². The highest BCUT2D eigenvalue weighted by atomic mass is 32.2. The maximum absolute atomic E-state index is 10.8. The third-order valence-electron chi connectivity index (χ3n) is 2.01. The Morgan fingerprint density at radius 2 is 1.92 bits per heavy atom. The van der Waals surface area contributed by atoms with Gasteiger partial charge < -0.3 is 0 Å². The van der Waals surface area contributed by atoms with Crippen LogP contribution >= 0.6 is 0 Å². The molecule has 12 heavy (non-hydrogen) atoms. The summed E-state index contributed by atoms with van der Waals surface area (Å²) in [4.78, 5) is 0. The molecule has 0 bridgehead atoms.